The molecule has 0 aromatic heterocycles. The Bertz CT molecular complexity index is 3200. The Morgan fingerprint density at radius 2 is 0.912 bits per heavy atom. The van der Waals surface area contributed by atoms with Crippen LogP contribution in [0.3, 0.4) is 0 Å². The van der Waals surface area contributed by atoms with Crippen molar-refractivity contribution in [2.45, 2.75) is 38.5 Å². The quantitative estimate of drug-likeness (QED) is 0.176. The first kappa shape index (κ1) is 32.5. The fourth-order valence-electron chi connectivity index (χ4n) is 10.4. The summed E-state index contributed by atoms with van der Waals surface area (Å²) in [5.74, 6) is 1.82. The average Bonchev–Trinajstić information content (AvgIpc) is 3.61. The van der Waals surface area contributed by atoms with Gasteiger partial charge in [0, 0.05) is 21.8 Å². The number of benzene rings is 9. The fraction of sp³-hybridized carbons (Fsp3) is 0.107. The summed E-state index contributed by atoms with van der Waals surface area (Å²) in [5.41, 5.74) is 20.5. The summed E-state index contributed by atoms with van der Waals surface area (Å²) in [6, 6.07) is 63.2. The SMILES string of the molecule is CC1(C)c2cc(-c3ccc4cc5c(cc4c3)C(C)(C)c3ccccc3-5)ccc2-c2ccc(-c3ccc4c5c(cccc35)-c3cc(-c5ccccc5)ccc3O4)cc21. The van der Waals surface area contributed by atoms with Gasteiger partial charge < -0.3 is 4.74 Å². The van der Waals surface area contributed by atoms with Crippen molar-refractivity contribution in [1.82, 2.24) is 0 Å². The van der Waals surface area contributed by atoms with E-state index in [1.165, 1.54) is 105 Å². The number of fused-ring (bicyclic) bond motifs is 9. The van der Waals surface area contributed by atoms with Crippen LogP contribution in [0.15, 0.2) is 170 Å². The zero-order valence-corrected chi connectivity index (χ0v) is 32.6. The number of rotatable bonds is 3. The molecule has 1 heteroatoms. The molecule has 0 atom stereocenters. The number of ether oxygens (including phenoxy) is 1. The van der Waals surface area contributed by atoms with Crippen LogP contribution in [0.2, 0.25) is 0 Å². The molecule has 1 heterocycles. The van der Waals surface area contributed by atoms with Gasteiger partial charge in [0.25, 0.3) is 0 Å². The molecule has 0 saturated carbocycles. The van der Waals surface area contributed by atoms with E-state index in [2.05, 4.69) is 198 Å². The first-order valence-corrected chi connectivity index (χ1v) is 20.2. The van der Waals surface area contributed by atoms with Crippen molar-refractivity contribution >= 4 is 21.5 Å². The molecule has 9 aromatic rings. The van der Waals surface area contributed by atoms with Crippen LogP contribution < -0.4 is 4.74 Å². The Balaban J connectivity index is 0.918. The normalized spacial score (nSPS) is 14.7. The van der Waals surface area contributed by atoms with Gasteiger partial charge in [-0.25, -0.2) is 0 Å². The van der Waals surface area contributed by atoms with E-state index < -0.39 is 0 Å². The Kier molecular flexibility index (Phi) is 6.53. The van der Waals surface area contributed by atoms with Crippen molar-refractivity contribution in [1.29, 1.82) is 0 Å². The second-order valence-corrected chi connectivity index (χ2v) is 17.3. The maximum Gasteiger partial charge on any atom is 0.135 e. The molecular formula is C56H40O. The second kappa shape index (κ2) is 11.4. The largest absolute Gasteiger partial charge is 0.456 e. The molecule has 57 heavy (non-hydrogen) atoms. The van der Waals surface area contributed by atoms with Crippen LogP contribution in [0.4, 0.5) is 0 Å². The topological polar surface area (TPSA) is 9.23 Å². The molecule has 0 spiro atoms. The number of hydrogen-bond acceptors (Lipinski definition) is 1. The third kappa shape index (κ3) is 4.57. The molecule has 0 unspecified atom stereocenters. The molecule has 12 rings (SSSR count). The Morgan fingerprint density at radius 1 is 0.316 bits per heavy atom. The van der Waals surface area contributed by atoms with E-state index in [0.717, 1.165) is 17.1 Å². The van der Waals surface area contributed by atoms with Crippen molar-refractivity contribution in [2.75, 3.05) is 0 Å². The van der Waals surface area contributed by atoms with E-state index in [1.807, 2.05) is 0 Å². The Morgan fingerprint density at radius 3 is 1.75 bits per heavy atom. The van der Waals surface area contributed by atoms with Gasteiger partial charge in [-0.15, -0.1) is 0 Å². The molecule has 0 saturated heterocycles. The molecule has 2 aliphatic carbocycles. The van der Waals surface area contributed by atoms with Crippen LogP contribution in [0.1, 0.15) is 49.9 Å². The van der Waals surface area contributed by atoms with Crippen LogP contribution >= 0.6 is 0 Å². The lowest BCUT2D eigenvalue weighted by Gasteiger charge is -2.24. The molecule has 9 aromatic carbocycles. The molecule has 0 bridgehead atoms. The second-order valence-electron chi connectivity index (χ2n) is 17.3. The standard InChI is InChI=1S/C56H40O/c1-55(2)48-16-9-8-13-41(48)46-28-36-18-17-34(27-39(36)32-51(46)55)37-19-22-42-43-23-20-38(31-50(43)56(3,4)49(42)30-37)40-24-26-53-54-44(40)14-10-15-45(54)47-29-35(21-25-52(47)57-53)33-11-6-5-7-12-33/h5-32H,1-4H3. The minimum absolute atomic E-state index is 0.0176. The van der Waals surface area contributed by atoms with Crippen molar-refractivity contribution in [3.63, 3.8) is 0 Å². The number of hydrogen-bond donors (Lipinski definition) is 0. The highest BCUT2D eigenvalue weighted by Gasteiger charge is 2.37. The molecular weight excluding hydrogens is 689 g/mol. The first-order chi connectivity index (χ1) is 27.7. The fourth-order valence-corrected chi connectivity index (χ4v) is 10.4. The highest BCUT2D eigenvalue weighted by atomic mass is 16.5. The van der Waals surface area contributed by atoms with Gasteiger partial charge in [-0.1, -0.05) is 149 Å². The third-order valence-electron chi connectivity index (χ3n) is 13.5. The van der Waals surface area contributed by atoms with Gasteiger partial charge in [0.2, 0.25) is 0 Å². The molecule has 0 N–H and O–H groups in total. The summed E-state index contributed by atoms with van der Waals surface area (Å²) in [5, 5.41) is 4.98. The average molecular weight is 729 g/mol. The smallest absolute Gasteiger partial charge is 0.135 e. The van der Waals surface area contributed by atoms with E-state index in [1.54, 1.807) is 0 Å². The molecule has 3 aliphatic rings. The minimum atomic E-state index is -0.160. The van der Waals surface area contributed by atoms with Gasteiger partial charge in [-0.3, -0.25) is 0 Å². The van der Waals surface area contributed by atoms with E-state index >= 15 is 0 Å². The lowest BCUT2D eigenvalue weighted by atomic mass is 9.80. The van der Waals surface area contributed by atoms with Crippen molar-refractivity contribution < 1.29 is 4.74 Å². The third-order valence-corrected chi connectivity index (χ3v) is 13.5. The van der Waals surface area contributed by atoms with Crippen LogP contribution in [0.5, 0.6) is 11.5 Å². The zero-order valence-electron chi connectivity index (χ0n) is 32.6. The van der Waals surface area contributed by atoms with Gasteiger partial charge in [-0.2, -0.15) is 0 Å². The predicted octanol–water partition coefficient (Wildman–Crippen LogP) is 15.4. The minimum Gasteiger partial charge on any atom is -0.456 e. The summed E-state index contributed by atoms with van der Waals surface area (Å²) < 4.78 is 6.59. The summed E-state index contributed by atoms with van der Waals surface area (Å²) in [4.78, 5) is 0. The van der Waals surface area contributed by atoms with Crippen LogP contribution in [0.25, 0.3) is 88.3 Å². The van der Waals surface area contributed by atoms with Gasteiger partial charge in [0.1, 0.15) is 11.5 Å². The van der Waals surface area contributed by atoms with Crippen molar-refractivity contribution in [2.24, 2.45) is 0 Å². The summed E-state index contributed by atoms with van der Waals surface area (Å²) in [6.07, 6.45) is 0. The molecule has 0 radical (unpaired) electrons. The van der Waals surface area contributed by atoms with Gasteiger partial charge in [0.05, 0.1) is 0 Å². The zero-order chi connectivity index (χ0) is 38.2. The molecule has 0 fully saturated rings. The maximum atomic E-state index is 6.59. The van der Waals surface area contributed by atoms with E-state index in [0.29, 0.717) is 0 Å². The molecule has 1 nitrogen and oxygen atoms in total. The molecule has 270 valence electrons. The van der Waals surface area contributed by atoms with E-state index in [-0.39, 0.29) is 10.8 Å². The lowest BCUT2D eigenvalue weighted by Crippen LogP contribution is -2.15. The van der Waals surface area contributed by atoms with Crippen molar-refractivity contribution in [3.05, 3.63) is 192 Å². The Labute approximate surface area is 333 Å². The predicted molar refractivity (Wildman–Crippen MR) is 238 cm³/mol. The summed E-state index contributed by atoms with van der Waals surface area (Å²) in [6.45, 7) is 9.50. The van der Waals surface area contributed by atoms with E-state index in [9.17, 15) is 0 Å². The highest BCUT2D eigenvalue weighted by Crippen LogP contribution is 2.54. The maximum absolute atomic E-state index is 6.59. The summed E-state index contributed by atoms with van der Waals surface area (Å²) >= 11 is 0. The lowest BCUT2D eigenvalue weighted by molar-refractivity contribution is 0.487. The van der Waals surface area contributed by atoms with Crippen LogP contribution in [-0.2, 0) is 10.8 Å². The highest BCUT2D eigenvalue weighted by molar-refractivity contribution is 6.10. The summed E-state index contributed by atoms with van der Waals surface area (Å²) in [7, 11) is 0. The Hall–Kier alpha value is -6.70. The van der Waals surface area contributed by atoms with Crippen molar-refractivity contribution in [3.8, 4) is 78.3 Å². The van der Waals surface area contributed by atoms with Gasteiger partial charge >= 0.3 is 0 Å². The van der Waals surface area contributed by atoms with Gasteiger partial charge in [-0.05, 0) is 148 Å². The van der Waals surface area contributed by atoms with Crippen LogP contribution in [0, 0.1) is 0 Å². The van der Waals surface area contributed by atoms with E-state index in [4.69, 9.17) is 4.74 Å². The van der Waals surface area contributed by atoms with Crippen LogP contribution in [-0.4, -0.2) is 0 Å². The molecule has 1 aliphatic heterocycles. The monoisotopic (exact) mass is 728 g/mol. The first-order valence-electron chi connectivity index (χ1n) is 20.2. The molecule has 0 amide bonds. The van der Waals surface area contributed by atoms with Gasteiger partial charge in [0.15, 0.2) is 0 Å².